The van der Waals surface area contributed by atoms with Gasteiger partial charge in [-0.1, -0.05) is 0 Å². The lowest BCUT2D eigenvalue weighted by Gasteiger charge is -2.23. The minimum Gasteiger partial charge on any atom is -0.462 e. The van der Waals surface area contributed by atoms with Crippen molar-refractivity contribution in [1.29, 1.82) is 0 Å². The third kappa shape index (κ3) is 7.77. The highest BCUT2D eigenvalue weighted by Crippen LogP contribution is 2.18. The van der Waals surface area contributed by atoms with E-state index in [4.69, 9.17) is 9.47 Å². The number of carbonyl (C=O) groups excluding carboxylic acids is 2. The molecule has 0 rings (SSSR count). The molecule has 0 spiro atoms. The summed E-state index contributed by atoms with van der Waals surface area (Å²) in [6.07, 6.45) is -0.379. The second-order valence-electron chi connectivity index (χ2n) is 6.26. The van der Waals surface area contributed by atoms with E-state index in [9.17, 15) is 9.59 Å². The van der Waals surface area contributed by atoms with E-state index < -0.39 is 17.1 Å². The summed E-state index contributed by atoms with van der Waals surface area (Å²) in [4.78, 5) is 23.1. The monoisotopic (exact) mass is 244 g/mol. The van der Waals surface area contributed by atoms with Crippen molar-refractivity contribution in [3.8, 4) is 0 Å². The number of hydrogen-bond donors (Lipinski definition) is 0. The van der Waals surface area contributed by atoms with Crippen molar-refractivity contribution in [2.45, 2.75) is 66.6 Å². The van der Waals surface area contributed by atoms with E-state index in [-0.39, 0.29) is 18.4 Å². The van der Waals surface area contributed by atoms with Crippen molar-refractivity contribution in [3.63, 3.8) is 0 Å². The summed E-state index contributed by atoms with van der Waals surface area (Å²) < 4.78 is 10.3. The summed E-state index contributed by atoms with van der Waals surface area (Å²) in [5.74, 6) is -0.666. The average Bonchev–Trinajstić information content (AvgIpc) is 1.96. The maximum atomic E-state index is 11.6. The Morgan fingerprint density at radius 3 is 1.88 bits per heavy atom. The molecule has 0 saturated heterocycles. The Bertz CT molecular complexity index is 281. The van der Waals surface area contributed by atoms with Crippen LogP contribution in [0.25, 0.3) is 0 Å². The molecule has 0 radical (unpaired) electrons. The van der Waals surface area contributed by atoms with E-state index in [2.05, 4.69) is 0 Å². The van der Waals surface area contributed by atoms with Crippen LogP contribution in [-0.4, -0.2) is 23.6 Å². The minimum atomic E-state index is -0.553. The van der Waals surface area contributed by atoms with Gasteiger partial charge in [0.15, 0.2) is 0 Å². The van der Waals surface area contributed by atoms with Crippen molar-refractivity contribution in [1.82, 2.24) is 0 Å². The number of rotatable bonds is 3. The molecule has 0 aromatic rings. The Kier molecular flexibility index (Phi) is 5.17. The van der Waals surface area contributed by atoms with Gasteiger partial charge in [0.2, 0.25) is 0 Å². The van der Waals surface area contributed by atoms with Gasteiger partial charge in [-0.3, -0.25) is 9.59 Å². The zero-order valence-corrected chi connectivity index (χ0v) is 11.9. The molecule has 0 unspecified atom stereocenters. The van der Waals surface area contributed by atoms with Gasteiger partial charge in [-0.05, 0) is 48.5 Å². The molecule has 0 heterocycles. The van der Waals surface area contributed by atoms with Crippen LogP contribution in [0, 0.1) is 5.41 Å². The largest absolute Gasteiger partial charge is 0.462 e. The molecule has 0 N–H and O–H groups in total. The molecule has 0 aromatic heterocycles. The summed E-state index contributed by atoms with van der Waals surface area (Å²) in [6.45, 7) is 12.4. The molecular formula is C13H24O4. The van der Waals surface area contributed by atoms with Gasteiger partial charge in [0.25, 0.3) is 0 Å². The number of ether oxygens (including phenoxy) is 2. The standard InChI is InChI=1S/C13H24O4/c1-9(16-11(15)12(2,3)4)8-10(14)17-13(5,6)7/h9H,8H2,1-7H3/t9-/m1/s1. The van der Waals surface area contributed by atoms with Gasteiger partial charge in [-0.25, -0.2) is 0 Å². The summed E-state index contributed by atoms with van der Waals surface area (Å²) in [6, 6.07) is 0. The first-order valence-corrected chi connectivity index (χ1v) is 5.85. The number of hydrogen-bond acceptors (Lipinski definition) is 4. The zero-order chi connectivity index (χ0) is 13.9. The van der Waals surface area contributed by atoms with Crippen LogP contribution in [0.4, 0.5) is 0 Å². The van der Waals surface area contributed by atoms with Crippen LogP contribution >= 0.6 is 0 Å². The van der Waals surface area contributed by atoms with E-state index in [0.29, 0.717) is 0 Å². The molecule has 1 atom stereocenters. The second kappa shape index (κ2) is 5.52. The Balaban J connectivity index is 4.16. The lowest BCUT2D eigenvalue weighted by atomic mass is 9.97. The molecule has 0 fully saturated rings. The van der Waals surface area contributed by atoms with E-state index in [1.165, 1.54) is 0 Å². The first-order valence-electron chi connectivity index (χ1n) is 5.85. The molecule has 0 aliphatic rings. The fourth-order valence-corrected chi connectivity index (χ4v) is 1.02. The van der Waals surface area contributed by atoms with Crippen molar-refractivity contribution in [3.05, 3.63) is 0 Å². The lowest BCUT2D eigenvalue weighted by Crippen LogP contribution is -2.30. The van der Waals surface area contributed by atoms with Gasteiger partial charge < -0.3 is 9.47 Å². The molecule has 0 aliphatic carbocycles. The topological polar surface area (TPSA) is 52.6 Å². The van der Waals surface area contributed by atoms with Crippen LogP contribution in [0.5, 0.6) is 0 Å². The van der Waals surface area contributed by atoms with E-state index in [0.717, 1.165) is 0 Å². The number of carbonyl (C=O) groups is 2. The highest BCUT2D eigenvalue weighted by Gasteiger charge is 2.26. The molecule has 4 nitrogen and oxygen atoms in total. The number of esters is 2. The van der Waals surface area contributed by atoms with Gasteiger partial charge in [0.1, 0.15) is 11.7 Å². The molecule has 100 valence electrons. The van der Waals surface area contributed by atoms with E-state index in [1.807, 2.05) is 0 Å². The molecule has 0 amide bonds. The molecule has 0 saturated carbocycles. The summed E-state index contributed by atoms with van der Waals surface area (Å²) in [5.41, 5.74) is -1.06. The Morgan fingerprint density at radius 1 is 1.06 bits per heavy atom. The minimum absolute atomic E-state index is 0.0824. The van der Waals surface area contributed by atoms with Gasteiger partial charge in [-0.15, -0.1) is 0 Å². The van der Waals surface area contributed by atoms with Crippen LogP contribution in [0.1, 0.15) is 54.9 Å². The summed E-state index contributed by atoms with van der Waals surface area (Å²) in [7, 11) is 0. The molecule has 17 heavy (non-hydrogen) atoms. The highest BCUT2D eigenvalue weighted by molar-refractivity contribution is 5.76. The van der Waals surface area contributed by atoms with E-state index >= 15 is 0 Å². The smallest absolute Gasteiger partial charge is 0.311 e. The van der Waals surface area contributed by atoms with Gasteiger partial charge in [0.05, 0.1) is 11.8 Å². The van der Waals surface area contributed by atoms with Crippen LogP contribution in [0.15, 0.2) is 0 Å². The zero-order valence-electron chi connectivity index (χ0n) is 11.9. The van der Waals surface area contributed by atoms with Crippen LogP contribution < -0.4 is 0 Å². The second-order valence-corrected chi connectivity index (χ2v) is 6.26. The first kappa shape index (κ1) is 15.9. The molecule has 0 aliphatic heterocycles. The predicted molar refractivity (Wildman–Crippen MR) is 65.5 cm³/mol. The normalized spacial score (nSPS) is 14.1. The predicted octanol–water partition coefficient (Wildman–Crippen LogP) is 2.70. The fourth-order valence-electron chi connectivity index (χ4n) is 1.02. The highest BCUT2D eigenvalue weighted by atomic mass is 16.6. The molecule has 0 bridgehead atoms. The third-order valence-corrected chi connectivity index (χ3v) is 1.79. The van der Waals surface area contributed by atoms with Gasteiger partial charge >= 0.3 is 11.9 Å². The molecular weight excluding hydrogens is 220 g/mol. The Hall–Kier alpha value is -1.06. The first-order chi connectivity index (χ1) is 7.42. The Labute approximate surface area is 104 Å². The van der Waals surface area contributed by atoms with Gasteiger partial charge in [-0.2, -0.15) is 0 Å². The van der Waals surface area contributed by atoms with Crippen LogP contribution in [0.2, 0.25) is 0 Å². The van der Waals surface area contributed by atoms with Gasteiger partial charge in [0, 0.05) is 0 Å². The van der Waals surface area contributed by atoms with Crippen LogP contribution in [0.3, 0.4) is 0 Å². The quantitative estimate of drug-likeness (QED) is 0.716. The maximum absolute atomic E-state index is 11.6. The molecule has 0 aromatic carbocycles. The average molecular weight is 244 g/mol. The maximum Gasteiger partial charge on any atom is 0.311 e. The summed E-state index contributed by atoms with van der Waals surface area (Å²) in [5, 5.41) is 0. The third-order valence-electron chi connectivity index (χ3n) is 1.79. The SMILES string of the molecule is C[C@H](CC(=O)OC(C)(C)C)OC(=O)C(C)(C)C. The fraction of sp³-hybridized carbons (Fsp3) is 0.846. The van der Waals surface area contributed by atoms with Crippen LogP contribution in [-0.2, 0) is 19.1 Å². The van der Waals surface area contributed by atoms with Crippen molar-refractivity contribution < 1.29 is 19.1 Å². The van der Waals surface area contributed by atoms with Crippen molar-refractivity contribution in [2.75, 3.05) is 0 Å². The molecule has 4 heteroatoms. The Morgan fingerprint density at radius 2 is 1.53 bits per heavy atom. The van der Waals surface area contributed by atoms with Crippen molar-refractivity contribution in [2.24, 2.45) is 5.41 Å². The lowest BCUT2D eigenvalue weighted by molar-refractivity contribution is -0.164. The van der Waals surface area contributed by atoms with Crippen molar-refractivity contribution >= 4 is 11.9 Å². The van der Waals surface area contributed by atoms with E-state index in [1.54, 1.807) is 48.5 Å². The summed E-state index contributed by atoms with van der Waals surface area (Å²) >= 11 is 0.